The van der Waals surface area contributed by atoms with Crippen molar-refractivity contribution < 1.29 is 5.21 Å². The van der Waals surface area contributed by atoms with Crippen molar-refractivity contribution in [1.82, 2.24) is 4.90 Å². The Morgan fingerprint density at radius 1 is 1.25 bits per heavy atom. The Balaban J connectivity index is 4.47. The second-order valence-electron chi connectivity index (χ2n) is 6.83. The molecule has 0 atom stereocenters. The van der Waals surface area contributed by atoms with E-state index in [0.29, 0.717) is 17.8 Å². The van der Waals surface area contributed by atoms with Crippen molar-refractivity contribution in [2.24, 2.45) is 22.2 Å². The summed E-state index contributed by atoms with van der Waals surface area (Å²) in [5, 5.41) is 12.0. The zero-order valence-electron chi connectivity index (χ0n) is 14.3. The standard InChI is InChI=1S/C16H35N3O/c1-7-14(8-2)19(12-13(3)4)11-9-10-16(5,6)15(17)18-20/h13-14,20H,7-12H2,1-6H3,(H2,17,18). The minimum absolute atomic E-state index is 0.230. The monoisotopic (exact) mass is 285 g/mol. The first kappa shape index (κ1) is 19.2. The molecule has 0 saturated heterocycles. The number of nitrogens with zero attached hydrogens (tertiary/aromatic N) is 2. The van der Waals surface area contributed by atoms with Crippen LogP contribution in [-0.4, -0.2) is 35.1 Å². The molecule has 0 aliphatic rings. The van der Waals surface area contributed by atoms with Gasteiger partial charge < -0.3 is 15.8 Å². The summed E-state index contributed by atoms with van der Waals surface area (Å²) in [5.41, 5.74) is 5.52. The van der Waals surface area contributed by atoms with Gasteiger partial charge in [-0.15, -0.1) is 0 Å². The van der Waals surface area contributed by atoms with Crippen LogP contribution in [0.1, 0.15) is 67.2 Å². The van der Waals surface area contributed by atoms with E-state index in [1.807, 2.05) is 13.8 Å². The Bertz CT molecular complexity index is 283. The van der Waals surface area contributed by atoms with Gasteiger partial charge in [-0.1, -0.05) is 46.7 Å². The van der Waals surface area contributed by atoms with Crippen LogP contribution in [0.4, 0.5) is 0 Å². The van der Waals surface area contributed by atoms with Crippen LogP contribution in [0.2, 0.25) is 0 Å². The van der Waals surface area contributed by atoms with E-state index < -0.39 is 0 Å². The Hall–Kier alpha value is -0.770. The highest BCUT2D eigenvalue weighted by molar-refractivity contribution is 5.85. The predicted molar refractivity (Wildman–Crippen MR) is 87.2 cm³/mol. The Kier molecular flexibility index (Phi) is 8.86. The van der Waals surface area contributed by atoms with Gasteiger partial charge in [-0.25, -0.2) is 0 Å². The van der Waals surface area contributed by atoms with Crippen LogP contribution in [-0.2, 0) is 0 Å². The van der Waals surface area contributed by atoms with Gasteiger partial charge in [0.15, 0.2) is 0 Å². The molecule has 0 aromatic rings. The molecule has 0 spiro atoms. The minimum atomic E-state index is -0.230. The fourth-order valence-corrected chi connectivity index (χ4v) is 2.68. The van der Waals surface area contributed by atoms with Crippen molar-refractivity contribution in [3.05, 3.63) is 0 Å². The van der Waals surface area contributed by atoms with Gasteiger partial charge >= 0.3 is 0 Å². The predicted octanol–water partition coefficient (Wildman–Crippen LogP) is 3.69. The lowest BCUT2D eigenvalue weighted by molar-refractivity contribution is 0.158. The number of nitrogens with two attached hydrogens (primary N) is 1. The normalized spacial score (nSPS) is 13.8. The number of amidine groups is 1. The molecule has 0 radical (unpaired) electrons. The van der Waals surface area contributed by atoms with Gasteiger partial charge in [-0.05, 0) is 38.1 Å². The third-order valence-electron chi connectivity index (χ3n) is 4.11. The molecular weight excluding hydrogens is 250 g/mol. The molecule has 0 fully saturated rings. The zero-order chi connectivity index (χ0) is 15.8. The average molecular weight is 285 g/mol. The van der Waals surface area contributed by atoms with Crippen molar-refractivity contribution in [3.8, 4) is 0 Å². The summed E-state index contributed by atoms with van der Waals surface area (Å²) in [7, 11) is 0. The fourth-order valence-electron chi connectivity index (χ4n) is 2.68. The first-order chi connectivity index (χ1) is 9.28. The molecule has 0 unspecified atom stereocenters. The highest BCUT2D eigenvalue weighted by Gasteiger charge is 2.24. The van der Waals surface area contributed by atoms with Gasteiger partial charge in [0.25, 0.3) is 0 Å². The smallest absolute Gasteiger partial charge is 0.144 e. The maximum Gasteiger partial charge on any atom is 0.144 e. The Morgan fingerprint density at radius 2 is 1.80 bits per heavy atom. The van der Waals surface area contributed by atoms with E-state index in [0.717, 1.165) is 25.9 Å². The highest BCUT2D eigenvalue weighted by atomic mass is 16.4. The third-order valence-corrected chi connectivity index (χ3v) is 4.11. The molecule has 0 heterocycles. The SMILES string of the molecule is CCC(CC)N(CCCC(C)(C)C(N)=NO)CC(C)C. The van der Waals surface area contributed by atoms with Crippen molar-refractivity contribution in [2.75, 3.05) is 13.1 Å². The summed E-state index contributed by atoms with van der Waals surface area (Å²) in [6, 6.07) is 0.671. The molecule has 0 rings (SSSR count). The molecule has 0 aliphatic heterocycles. The number of hydrogen-bond donors (Lipinski definition) is 2. The maximum absolute atomic E-state index is 8.81. The van der Waals surface area contributed by atoms with Crippen LogP contribution in [0.25, 0.3) is 0 Å². The maximum atomic E-state index is 8.81. The van der Waals surface area contributed by atoms with Gasteiger partial charge in [-0.2, -0.15) is 0 Å². The fraction of sp³-hybridized carbons (Fsp3) is 0.938. The summed E-state index contributed by atoms with van der Waals surface area (Å²) >= 11 is 0. The van der Waals surface area contributed by atoms with Crippen LogP contribution < -0.4 is 5.73 Å². The summed E-state index contributed by atoms with van der Waals surface area (Å²) < 4.78 is 0. The highest BCUT2D eigenvalue weighted by Crippen LogP contribution is 2.23. The van der Waals surface area contributed by atoms with Crippen molar-refractivity contribution >= 4 is 5.84 Å². The van der Waals surface area contributed by atoms with E-state index >= 15 is 0 Å². The lowest BCUT2D eigenvalue weighted by Crippen LogP contribution is -2.39. The number of hydrogen-bond acceptors (Lipinski definition) is 3. The van der Waals surface area contributed by atoms with E-state index in [1.54, 1.807) is 0 Å². The Morgan fingerprint density at radius 3 is 2.20 bits per heavy atom. The molecular formula is C16H35N3O. The van der Waals surface area contributed by atoms with E-state index in [-0.39, 0.29) is 5.41 Å². The lowest BCUT2D eigenvalue weighted by Gasteiger charge is -2.33. The summed E-state index contributed by atoms with van der Waals surface area (Å²) in [6.07, 6.45) is 4.42. The van der Waals surface area contributed by atoms with E-state index in [4.69, 9.17) is 10.9 Å². The van der Waals surface area contributed by atoms with Crippen molar-refractivity contribution in [2.45, 2.75) is 73.3 Å². The van der Waals surface area contributed by atoms with Crippen molar-refractivity contribution in [3.63, 3.8) is 0 Å². The van der Waals surface area contributed by atoms with Crippen LogP contribution >= 0.6 is 0 Å². The van der Waals surface area contributed by atoms with E-state index in [1.165, 1.54) is 12.8 Å². The molecule has 0 bridgehead atoms. The molecule has 4 nitrogen and oxygen atoms in total. The largest absolute Gasteiger partial charge is 0.409 e. The van der Waals surface area contributed by atoms with Crippen molar-refractivity contribution in [1.29, 1.82) is 0 Å². The molecule has 4 heteroatoms. The quantitative estimate of drug-likeness (QED) is 0.278. The third kappa shape index (κ3) is 6.60. The summed E-state index contributed by atoms with van der Waals surface area (Å²) in [6.45, 7) is 15.4. The molecule has 0 aromatic carbocycles. The van der Waals surface area contributed by atoms with Gasteiger partial charge in [0, 0.05) is 18.0 Å². The summed E-state index contributed by atoms with van der Waals surface area (Å²) in [5.74, 6) is 1.02. The molecule has 120 valence electrons. The van der Waals surface area contributed by atoms with Crippen LogP contribution in [0, 0.1) is 11.3 Å². The molecule has 0 amide bonds. The second-order valence-corrected chi connectivity index (χ2v) is 6.83. The Labute approximate surface area is 125 Å². The average Bonchev–Trinajstić information content (AvgIpc) is 2.38. The topological polar surface area (TPSA) is 61.8 Å². The molecule has 0 saturated carbocycles. The summed E-state index contributed by atoms with van der Waals surface area (Å²) in [4.78, 5) is 2.60. The van der Waals surface area contributed by atoms with E-state index in [2.05, 4.69) is 37.8 Å². The number of rotatable bonds is 10. The zero-order valence-corrected chi connectivity index (χ0v) is 14.3. The van der Waals surface area contributed by atoms with Gasteiger partial charge in [-0.3, -0.25) is 0 Å². The minimum Gasteiger partial charge on any atom is -0.409 e. The van der Waals surface area contributed by atoms with Crippen LogP contribution in [0.3, 0.4) is 0 Å². The number of oxime groups is 1. The van der Waals surface area contributed by atoms with Gasteiger partial charge in [0.2, 0.25) is 0 Å². The lowest BCUT2D eigenvalue weighted by atomic mass is 9.86. The van der Waals surface area contributed by atoms with Crippen LogP contribution in [0.15, 0.2) is 5.16 Å². The van der Waals surface area contributed by atoms with E-state index in [9.17, 15) is 0 Å². The molecule has 0 aromatic heterocycles. The van der Waals surface area contributed by atoms with Crippen LogP contribution in [0.5, 0.6) is 0 Å². The van der Waals surface area contributed by atoms with Gasteiger partial charge in [0.05, 0.1) is 0 Å². The molecule has 20 heavy (non-hydrogen) atoms. The first-order valence-electron chi connectivity index (χ1n) is 8.00. The first-order valence-corrected chi connectivity index (χ1v) is 8.00. The second kappa shape index (κ2) is 9.22. The molecule has 0 aliphatic carbocycles. The molecule has 3 N–H and O–H groups in total. The van der Waals surface area contributed by atoms with Gasteiger partial charge in [0.1, 0.15) is 5.84 Å².